The molecule has 0 saturated carbocycles. The SMILES string of the molecule is Cc1cc(N2CCC(C)C2CO)c([C@@H](C)N)cc1F. The molecule has 1 fully saturated rings. The van der Waals surface area contributed by atoms with Gasteiger partial charge in [0.25, 0.3) is 0 Å². The monoisotopic (exact) mass is 266 g/mol. The van der Waals surface area contributed by atoms with Gasteiger partial charge in [0, 0.05) is 18.3 Å². The summed E-state index contributed by atoms with van der Waals surface area (Å²) in [4.78, 5) is 2.18. The lowest BCUT2D eigenvalue weighted by Gasteiger charge is -2.30. The zero-order valence-corrected chi connectivity index (χ0v) is 11.9. The highest BCUT2D eigenvalue weighted by Gasteiger charge is 2.32. The third kappa shape index (κ3) is 2.60. The van der Waals surface area contributed by atoms with Crippen LogP contribution in [0.3, 0.4) is 0 Å². The number of nitrogens with two attached hydrogens (primary N) is 1. The van der Waals surface area contributed by atoms with E-state index < -0.39 is 0 Å². The summed E-state index contributed by atoms with van der Waals surface area (Å²) in [6.07, 6.45) is 1.04. The van der Waals surface area contributed by atoms with Crippen LogP contribution in [-0.4, -0.2) is 24.3 Å². The summed E-state index contributed by atoms with van der Waals surface area (Å²) in [6.45, 7) is 6.77. The Morgan fingerprint density at radius 3 is 2.79 bits per heavy atom. The van der Waals surface area contributed by atoms with Gasteiger partial charge in [0.2, 0.25) is 0 Å². The molecule has 0 spiro atoms. The molecule has 1 aromatic rings. The molecule has 4 heteroatoms. The fourth-order valence-corrected chi connectivity index (χ4v) is 2.88. The van der Waals surface area contributed by atoms with Crippen molar-refractivity contribution in [3.8, 4) is 0 Å². The molecular weight excluding hydrogens is 243 g/mol. The fraction of sp³-hybridized carbons (Fsp3) is 0.600. The summed E-state index contributed by atoms with van der Waals surface area (Å²) in [6, 6.07) is 3.27. The van der Waals surface area contributed by atoms with Gasteiger partial charge in [-0.1, -0.05) is 6.92 Å². The Balaban J connectivity index is 2.46. The van der Waals surface area contributed by atoms with Crippen molar-refractivity contribution in [1.29, 1.82) is 0 Å². The third-order valence-electron chi connectivity index (χ3n) is 4.18. The van der Waals surface area contributed by atoms with Gasteiger partial charge in [-0.15, -0.1) is 0 Å². The highest BCUT2D eigenvalue weighted by Crippen LogP contribution is 2.35. The van der Waals surface area contributed by atoms with Crippen LogP contribution in [-0.2, 0) is 0 Å². The highest BCUT2D eigenvalue weighted by molar-refractivity contribution is 5.58. The summed E-state index contributed by atoms with van der Waals surface area (Å²) in [5.74, 6) is 0.222. The largest absolute Gasteiger partial charge is 0.394 e. The van der Waals surface area contributed by atoms with Crippen LogP contribution in [0.5, 0.6) is 0 Å². The van der Waals surface area contributed by atoms with Crippen molar-refractivity contribution in [2.24, 2.45) is 11.7 Å². The van der Waals surface area contributed by atoms with E-state index in [-0.39, 0.29) is 24.5 Å². The Kier molecular flexibility index (Phi) is 4.11. The zero-order chi connectivity index (χ0) is 14.2. The highest BCUT2D eigenvalue weighted by atomic mass is 19.1. The van der Waals surface area contributed by atoms with Crippen molar-refractivity contribution < 1.29 is 9.50 Å². The number of halogens is 1. The molecule has 0 aromatic heterocycles. The summed E-state index contributed by atoms with van der Waals surface area (Å²) < 4.78 is 13.7. The number of aliphatic hydroxyl groups excluding tert-OH is 1. The number of aliphatic hydroxyl groups is 1. The zero-order valence-electron chi connectivity index (χ0n) is 11.9. The molecule has 2 rings (SSSR count). The molecule has 0 aliphatic carbocycles. The second kappa shape index (κ2) is 5.47. The van der Waals surface area contributed by atoms with E-state index in [1.165, 1.54) is 6.07 Å². The molecule has 1 aliphatic heterocycles. The molecule has 3 atom stereocenters. The van der Waals surface area contributed by atoms with Gasteiger partial charge in [0.05, 0.1) is 12.6 Å². The smallest absolute Gasteiger partial charge is 0.126 e. The normalized spacial score (nSPS) is 24.8. The summed E-state index contributed by atoms with van der Waals surface area (Å²) in [5, 5.41) is 9.57. The number of benzene rings is 1. The molecule has 0 bridgehead atoms. The topological polar surface area (TPSA) is 49.5 Å². The Bertz CT molecular complexity index is 462. The molecule has 106 valence electrons. The van der Waals surface area contributed by atoms with E-state index in [1.54, 1.807) is 6.92 Å². The van der Waals surface area contributed by atoms with Gasteiger partial charge in [0.1, 0.15) is 5.82 Å². The van der Waals surface area contributed by atoms with Crippen molar-refractivity contribution in [1.82, 2.24) is 0 Å². The fourth-order valence-electron chi connectivity index (χ4n) is 2.88. The maximum absolute atomic E-state index is 13.7. The first-order valence-corrected chi connectivity index (χ1v) is 6.88. The minimum absolute atomic E-state index is 0.0994. The molecule has 0 amide bonds. The number of anilines is 1. The number of hydrogen-bond donors (Lipinski definition) is 2. The first-order valence-electron chi connectivity index (χ1n) is 6.88. The van der Waals surface area contributed by atoms with E-state index in [1.807, 2.05) is 13.0 Å². The molecular formula is C15H23FN2O. The Morgan fingerprint density at radius 2 is 2.21 bits per heavy atom. The van der Waals surface area contributed by atoms with E-state index in [0.717, 1.165) is 24.2 Å². The van der Waals surface area contributed by atoms with Gasteiger partial charge in [-0.25, -0.2) is 4.39 Å². The average Bonchev–Trinajstić information content (AvgIpc) is 2.72. The molecule has 1 aliphatic rings. The predicted octanol–water partition coefficient (Wildman–Crippen LogP) is 2.36. The molecule has 1 saturated heterocycles. The number of aryl methyl sites for hydroxylation is 1. The maximum atomic E-state index is 13.7. The molecule has 1 heterocycles. The number of nitrogens with zero attached hydrogens (tertiary/aromatic N) is 1. The van der Waals surface area contributed by atoms with E-state index in [4.69, 9.17) is 5.73 Å². The minimum Gasteiger partial charge on any atom is -0.394 e. The van der Waals surface area contributed by atoms with Crippen molar-refractivity contribution in [2.75, 3.05) is 18.1 Å². The van der Waals surface area contributed by atoms with Crippen molar-refractivity contribution >= 4 is 5.69 Å². The van der Waals surface area contributed by atoms with Gasteiger partial charge in [0.15, 0.2) is 0 Å². The summed E-state index contributed by atoms with van der Waals surface area (Å²) in [5.41, 5.74) is 8.37. The molecule has 1 aromatic carbocycles. The lowest BCUT2D eigenvalue weighted by Crippen LogP contribution is -2.36. The van der Waals surface area contributed by atoms with Crippen LogP contribution >= 0.6 is 0 Å². The molecule has 2 unspecified atom stereocenters. The quantitative estimate of drug-likeness (QED) is 0.883. The minimum atomic E-state index is -0.222. The average molecular weight is 266 g/mol. The van der Waals surface area contributed by atoms with Crippen LogP contribution in [0.4, 0.5) is 10.1 Å². The molecule has 3 N–H and O–H groups in total. The lowest BCUT2D eigenvalue weighted by molar-refractivity contribution is 0.244. The predicted molar refractivity (Wildman–Crippen MR) is 75.7 cm³/mol. The van der Waals surface area contributed by atoms with Crippen molar-refractivity contribution in [3.05, 3.63) is 29.1 Å². The van der Waals surface area contributed by atoms with E-state index >= 15 is 0 Å². The third-order valence-corrected chi connectivity index (χ3v) is 4.18. The van der Waals surface area contributed by atoms with Crippen LogP contribution in [0.2, 0.25) is 0 Å². The van der Waals surface area contributed by atoms with Crippen molar-refractivity contribution in [2.45, 2.75) is 39.3 Å². The molecule has 3 nitrogen and oxygen atoms in total. The number of hydrogen-bond acceptors (Lipinski definition) is 3. The Morgan fingerprint density at radius 1 is 1.53 bits per heavy atom. The van der Waals surface area contributed by atoms with Crippen LogP contribution in [0.15, 0.2) is 12.1 Å². The number of rotatable bonds is 3. The van der Waals surface area contributed by atoms with Crippen molar-refractivity contribution in [3.63, 3.8) is 0 Å². The molecule has 0 radical (unpaired) electrons. The van der Waals surface area contributed by atoms with Crippen LogP contribution < -0.4 is 10.6 Å². The second-order valence-corrected chi connectivity index (χ2v) is 5.66. The maximum Gasteiger partial charge on any atom is 0.126 e. The molecule has 19 heavy (non-hydrogen) atoms. The van der Waals surface area contributed by atoms with Gasteiger partial charge >= 0.3 is 0 Å². The summed E-state index contributed by atoms with van der Waals surface area (Å²) in [7, 11) is 0. The van der Waals surface area contributed by atoms with Crippen LogP contribution in [0, 0.1) is 18.7 Å². The lowest BCUT2D eigenvalue weighted by atomic mass is 10.0. The summed E-state index contributed by atoms with van der Waals surface area (Å²) >= 11 is 0. The van der Waals surface area contributed by atoms with Crippen LogP contribution in [0.1, 0.15) is 37.4 Å². The van der Waals surface area contributed by atoms with E-state index in [9.17, 15) is 9.50 Å². The second-order valence-electron chi connectivity index (χ2n) is 5.66. The van der Waals surface area contributed by atoms with Gasteiger partial charge in [-0.3, -0.25) is 0 Å². The Hall–Kier alpha value is -1.13. The van der Waals surface area contributed by atoms with Gasteiger partial charge < -0.3 is 15.7 Å². The Labute approximate surface area is 114 Å². The van der Waals surface area contributed by atoms with Gasteiger partial charge in [-0.05, 0) is 49.4 Å². The van der Waals surface area contributed by atoms with Gasteiger partial charge in [-0.2, -0.15) is 0 Å². The van der Waals surface area contributed by atoms with E-state index in [0.29, 0.717) is 11.5 Å². The first kappa shape index (κ1) is 14.3. The van der Waals surface area contributed by atoms with Crippen LogP contribution in [0.25, 0.3) is 0 Å². The standard InChI is InChI=1S/C15H23FN2O/c1-9-4-5-18(15(9)8-19)14-6-10(2)13(16)7-12(14)11(3)17/h6-7,9,11,15,19H,4-5,8,17H2,1-3H3/t9?,11-,15?/m1/s1. The first-order chi connectivity index (χ1) is 8.95. The van der Waals surface area contributed by atoms with E-state index in [2.05, 4.69) is 11.8 Å².